The zero-order chi connectivity index (χ0) is 22.6. The Labute approximate surface area is 162 Å². The molecule has 10 nitrogen and oxygen atoms in total. The third-order valence-electron chi connectivity index (χ3n) is 3.17. The molecule has 160 valence electrons. The van der Waals surface area contributed by atoms with Crippen molar-refractivity contribution in [3.8, 4) is 0 Å². The summed E-state index contributed by atoms with van der Waals surface area (Å²) in [7, 11) is -5.26. The minimum absolute atomic E-state index is 0.247. The van der Waals surface area contributed by atoms with Gasteiger partial charge in [-0.3, -0.25) is 9.59 Å². The lowest BCUT2D eigenvalue weighted by Crippen LogP contribution is -2.38. The van der Waals surface area contributed by atoms with E-state index in [1.165, 1.54) is 13.8 Å². The lowest BCUT2D eigenvalue weighted by atomic mass is 10.0. The number of carbonyl (C=O) groups excluding carboxylic acids is 4. The minimum atomic E-state index is -5.41. The molecular weight excluding hydrogens is 425 g/mol. The average Bonchev–Trinajstić information content (AvgIpc) is 2.59. The number of esters is 2. The number of Topliss-reactive ketones (excluding diaryl/α,β-unsaturated/α-hetero) is 1. The summed E-state index contributed by atoms with van der Waals surface area (Å²) in [6, 6.07) is 0.861. The largest absolute Gasteiger partial charge is 0.460 e. The number of ketones is 1. The van der Waals surface area contributed by atoms with E-state index < -0.39 is 61.5 Å². The number of hydrogen-bond donors (Lipinski definition) is 2. The van der Waals surface area contributed by atoms with E-state index in [4.69, 9.17) is 5.73 Å². The molecule has 0 aliphatic heterocycles. The van der Waals surface area contributed by atoms with Gasteiger partial charge in [-0.1, -0.05) is 0 Å². The van der Waals surface area contributed by atoms with Crippen molar-refractivity contribution in [1.29, 1.82) is 0 Å². The number of nitrogens with two attached hydrogens (primary N) is 1. The van der Waals surface area contributed by atoms with Crippen molar-refractivity contribution in [3.05, 3.63) is 23.3 Å². The van der Waals surface area contributed by atoms with Crippen molar-refractivity contribution in [1.82, 2.24) is 4.72 Å². The van der Waals surface area contributed by atoms with E-state index in [0.29, 0.717) is 12.1 Å². The fraction of sp³-hybridized carbons (Fsp3) is 0.333. The third-order valence-corrected chi connectivity index (χ3v) is 4.55. The van der Waals surface area contributed by atoms with E-state index in [1.54, 1.807) is 0 Å². The highest BCUT2D eigenvalue weighted by molar-refractivity contribution is 7.90. The predicted octanol–water partition coefficient (Wildman–Crippen LogP) is 0.401. The molecule has 0 aliphatic carbocycles. The summed E-state index contributed by atoms with van der Waals surface area (Å²) >= 11 is 0. The molecule has 1 amide bonds. The number of rotatable bonds is 6. The first kappa shape index (κ1) is 23.9. The second kappa shape index (κ2) is 8.89. The maximum Gasteiger partial charge on any atom is 0.419 e. The van der Waals surface area contributed by atoms with Crippen molar-refractivity contribution in [2.24, 2.45) is 0 Å². The van der Waals surface area contributed by atoms with Crippen LogP contribution in [0.15, 0.2) is 17.0 Å². The van der Waals surface area contributed by atoms with Gasteiger partial charge in [-0.15, -0.1) is 0 Å². The smallest absolute Gasteiger partial charge is 0.419 e. The van der Waals surface area contributed by atoms with Gasteiger partial charge in [0.2, 0.25) is 0 Å². The zero-order valence-corrected chi connectivity index (χ0v) is 15.8. The molecule has 0 radical (unpaired) electrons. The third kappa shape index (κ3) is 5.43. The summed E-state index contributed by atoms with van der Waals surface area (Å²) in [5.74, 6) is -6.52. The van der Waals surface area contributed by atoms with Crippen LogP contribution in [-0.2, 0) is 40.1 Å². The number of amides is 1. The molecule has 3 N–H and O–H groups in total. The van der Waals surface area contributed by atoms with Crippen LogP contribution >= 0.6 is 0 Å². The number of ether oxygens (including phenoxy) is 2. The number of halogens is 3. The number of benzene rings is 1. The van der Waals surface area contributed by atoms with Gasteiger partial charge in [0.05, 0.1) is 30.0 Å². The summed E-state index contributed by atoms with van der Waals surface area (Å²) in [5.41, 5.74) is 0.994. The predicted molar refractivity (Wildman–Crippen MR) is 88.8 cm³/mol. The lowest BCUT2D eigenvalue weighted by molar-refractivity contribution is -0.153. The molecule has 0 unspecified atom stereocenters. The van der Waals surface area contributed by atoms with Crippen LogP contribution in [0.1, 0.15) is 29.8 Å². The normalized spacial score (nSPS) is 11.5. The topological polar surface area (TPSA) is 159 Å². The number of nitrogens with one attached hydrogen (secondary N) is 1. The first-order valence-corrected chi connectivity index (χ1v) is 9.21. The molecule has 0 saturated heterocycles. The molecule has 0 fully saturated rings. The van der Waals surface area contributed by atoms with Crippen molar-refractivity contribution in [3.63, 3.8) is 0 Å². The number of hydrogen-bond acceptors (Lipinski definition) is 9. The fourth-order valence-electron chi connectivity index (χ4n) is 2.04. The molecule has 14 heteroatoms. The van der Waals surface area contributed by atoms with Crippen LogP contribution in [0.5, 0.6) is 0 Å². The Morgan fingerprint density at radius 2 is 1.55 bits per heavy atom. The number of anilines is 1. The van der Waals surface area contributed by atoms with E-state index in [1.807, 2.05) is 0 Å². The highest BCUT2D eigenvalue weighted by Gasteiger charge is 2.42. The maximum absolute atomic E-state index is 13.5. The zero-order valence-electron chi connectivity index (χ0n) is 15.0. The minimum Gasteiger partial charge on any atom is -0.460 e. The van der Waals surface area contributed by atoms with Crippen LogP contribution in [0.25, 0.3) is 0 Å². The molecule has 0 spiro atoms. The maximum atomic E-state index is 13.5. The first-order valence-electron chi connectivity index (χ1n) is 7.72. The number of carbonyl (C=O) groups is 4. The van der Waals surface area contributed by atoms with Gasteiger partial charge in [0.1, 0.15) is 4.90 Å². The van der Waals surface area contributed by atoms with E-state index >= 15 is 0 Å². The molecular formula is C15H15F3N2O8S. The van der Waals surface area contributed by atoms with Gasteiger partial charge in [0.15, 0.2) is 0 Å². The quantitative estimate of drug-likeness (QED) is 0.276. The van der Waals surface area contributed by atoms with Crippen LogP contribution in [0.3, 0.4) is 0 Å². The van der Waals surface area contributed by atoms with Crippen LogP contribution in [0.2, 0.25) is 0 Å². The van der Waals surface area contributed by atoms with E-state index in [0.717, 1.165) is 4.72 Å². The highest BCUT2D eigenvalue weighted by atomic mass is 32.2. The van der Waals surface area contributed by atoms with E-state index in [2.05, 4.69) is 9.47 Å². The molecule has 0 aromatic heterocycles. The molecule has 1 rings (SSSR count). The van der Waals surface area contributed by atoms with E-state index in [9.17, 15) is 40.8 Å². The van der Waals surface area contributed by atoms with Crippen LogP contribution in [0, 0.1) is 0 Å². The van der Waals surface area contributed by atoms with Crippen molar-refractivity contribution in [2.75, 3.05) is 18.9 Å². The molecule has 0 bridgehead atoms. The second-order valence-electron chi connectivity index (χ2n) is 5.10. The Hall–Kier alpha value is -3.16. The fourth-order valence-corrected chi connectivity index (χ4v) is 3.21. The summed E-state index contributed by atoms with van der Waals surface area (Å²) < 4.78 is 74.6. The molecule has 1 aromatic rings. The van der Waals surface area contributed by atoms with Crippen LogP contribution < -0.4 is 10.5 Å². The van der Waals surface area contributed by atoms with E-state index in [-0.39, 0.29) is 13.2 Å². The van der Waals surface area contributed by atoms with Gasteiger partial charge in [-0.2, -0.15) is 13.2 Å². The van der Waals surface area contributed by atoms with Crippen LogP contribution in [0.4, 0.5) is 18.9 Å². The molecule has 0 aliphatic rings. The van der Waals surface area contributed by atoms with Crippen LogP contribution in [-0.4, -0.2) is 45.3 Å². The van der Waals surface area contributed by atoms with Crippen molar-refractivity contribution in [2.45, 2.75) is 24.9 Å². The Bertz CT molecular complexity index is 957. The van der Waals surface area contributed by atoms with Crippen molar-refractivity contribution < 1.29 is 50.2 Å². The first-order chi connectivity index (χ1) is 13.3. The van der Waals surface area contributed by atoms with Gasteiger partial charge in [-0.25, -0.2) is 22.7 Å². The Morgan fingerprint density at radius 3 is 2.03 bits per heavy atom. The van der Waals surface area contributed by atoms with Gasteiger partial charge < -0.3 is 15.2 Å². The summed E-state index contributed by atoms with van der Waals surface area (Å²) in [6.07, 6.45) is -5.41. The summed E-state index contributed by atoms with van der Waals surface area (Å²) in [6.45, 7) is 2.11. The summed E-state index contributed by atoms with van der Waals surface area (Å²) in [4.78, 5) is 44.6. The SMILES string of the molecule is CCOC(=O)C(=O)NS(=O)(=O)c1ccc(C(=O)C(=O)OCC)c(N)c1C(F)(F)F. The Kier molecular flexibility index (Phi) is 7.32. The molecule has 0 heterocycles. The van der Waals surface area contributed by atoms with Gasteiger partial charge >= 0.3 is 24.0 Å². The Morgan fingerprint density at radius 1 is 1.03 bits per heavy atom. The number of sulfonamides is 1. The van der Waals surface area contributed by atoms with Gasteiger partial charge in [0.25, 0.3) is 15.8 Å². The number of alkyl halides is 3. The monoisotopic (exact) mass is 440 g/mol. The van der Waals surface area contributed by atoms with Gasteiger partial charge in [0, 0.05) is 0 Å². The lowest BCUT2D eigenvalue weighted by Gasteiger charge is -2.17. The van der Waals surface area contributed by atoms with Gasteiger partial charge in [-0.05, 0) is 26.0 Å². The highest BCUT2D eigenvalue weighted by Crippen LogP contribution is 2.40. The molecule has 0 atom stereocenters. The average molecular weight is 440 g/mol. The number of nitrogen functional groups attached to an aromatic ring is 1. The second-order valence-corrected chi connectivity index (χ2v) is 6.75. The summed E-state index contributed by atoms with van der Waals surface area (Å²) in [5, 5.41) is 0. The molecule has 29 heavy (non-hydrogen) atoms. The standard InChI is InChI=1S/C15H15F3N2O8S/c1-3-27-13(23)11(21)7-5-6-8(9(10(7)19)15(16,17)18)29(25,26)20-12(22)14(24)28-4-2/h5-6H,3-4,19H2,1-2H3,(H,20,22). The molecule has 0 saturated carbocycles. The Balaban J connectivity index is 3.55. The van der Waals surface area contributed by atoms with Crippen molar-refractivity contribution >= 4 is 39.3 Å². The molecule has 1 aromatic carbocycles.